The van der Waals surface area contributed by atoms with Crippen molar-refractivity contribution in [3.63, 3.8) is 0 Å². The van der Waals surface area contributed by atoms with Crippen molar-refractivity contribution < 1.29 is 28.4 Å². The molecule has 2 atom stereocenters. The van der Waals surface area contributed by atoms with Gasteiger partial charge in [-0.25, -0.2) is 4.79 Å². The van der Waals surface area contributed by atoms with Gasteiger partial charge >= 0.3 is 13.2 Å². The molecule has 10 heteroatoms. The van der Waals surface area contributed by atoms with Crippen LogP contribution in [0.25, 0.3) is 0 Å². The number of alkyl carbamates (subject to hydrolysis) is 1. The number of benzene rings is 1. The third kappa shape index (κ3) is 6.07. The number of methoxy groups -OCH3 is 1. The Hall–Kier alpha value is -2.72. The minimum Gasteiger partial charge on any atom is -0.453 e. The van der Waals surface area contributed by atoms with Gasteiger partial charge in [-0.3, -0.25) is 14.6 Å². The number of Topliss-reactive ketones (excluding diaryl/α,β-unsaturated/α-hetero) is 1. The maximum absolute atomic E-state index is 13.4. The Morgan fingerprint density at radius 3 is 2.30 bits per heavy atom. The number of aliphatic imine (C=N–C) groups is 1. The fraction of sp³-hybridized carbons (Fsp3) is 0.630. The summed E-state index contributed by atoms with van der Waals surface area (Å²) >= 11 is 0. The zero-order valence-electron chi connectivity index (χ0n) is 23.5. The number of amides is 2. The SMILES string of the molecule is COC(=O)N[C@H](C(=O)N1CCC[C@H]1C(C)=Nc1ccc(B2OC(C)(C)C(C)(C)O2)cc1C(C)=O)C(C)C. The molecule has 0 bridgehead atoms. The molecule has 3 rings (SSSR count). The summed E-state index contributed by atoms with van der Waals surface area (Å²) in [7, 11) is 0.692. The largest absolute Gasteiger partial charge is 0.494 e. The molecule has 0 aromatic heterocycles. The molecule has 2 fully saturated rings. The first-order chi connectivity index (χ1) is 17.2. The summed E-state index contributed by atoms with van der Waals surface area (Å²) in [5.74, 6) is -0.399. The quantitative estimate of drug-likeness (QED) is 0.339. The van der Waals surface area contributed by atoms with E-state index in [0.29, 0.717) is 17.8 Å². The van der Waals surface area contributed by atoms with Crippen molar-refractivity contribution in [2.24, 2.45) is 10.9 Å². The number of carbonyl (C=O) groups excluding carboxylic acids is 3. The third-order valence-electron chi connectivity index (χ3n) is 7.63. The summed E-state index contributed by atoms with van der Waals surface area (Å²) in [6, 6.07) is 4.53. The highest BCUT2D eigenvalue weighted by atomic mass is 16.7. The maximum atomic E-state index is 13.4. The van der Waals surface area contributed by atoms with Crippen LogP contribution in [0, 0.1) is 5.92 Å². The summed E-state index contributed by atoms with van der Waals surface area (Å²) in [5.41, 5.74) is 1.52. The van der Waals surface area contributed by atoms with Crippen LogP contribution in [0.2, 0.25) is 0 Å². The Kier molecular flexibility index (Phi) is 8.54. The van der Waals surface area contributed by atoms with Gasteiger partial charge in [0.1, 0.15) is 6.04 Å². The van der Waals surface area contributed by atoms with Gasteiger partial charge in [0, 0.05) is 17.8 Å². The summed E-state index contributed by atoms with van der Waals surface area (Å²) in [6.45, 7) is 15.7. The summed E-state index contributed by atoms with van der Waals surface area (Å²) in [6.07, 6.45) is 0.944. The van der Waals surface area contributed by atoms with Gasteiger partial charge in [0.15, 0.2) is 5.78 Å². The van der Waals surface area contributed by atoms with Crippen LogP contribution in [0.4, 0.5) is 10.5 Å². The zero-order valence-corrected chi connectivity index (χ0v) is 23.5. The van der Waals surface area contributed by atoms with Gasteiger partial charge in [-0.2, -0.15) is 0 Å². The smallest absolute Gasteiger partial charge is 0.453 e. The number of ketones is 1. The molecule has 9 nitrogen and oxygen atoms in total. The molecule has 2 aliphatic heterocycles. The van der Waals surface area contributed by atoms with Gasteiger partial charge in [0.2, 0.25) is 5.91 Å². The van der Waals surface area contributed by atoms with Crippen LogP contribution in [0.3, 0.4) is 0 Å². The number of ether oxygens (including phenoxy) is 1. The van der Waals surface area contributed by atoms with Crippen molar-refractivity contribution in [1.82, 2.24) is 10.2 Å². The molecular formula is C27H40BN3O6. The van der Waals surface area contributed by atoms with Gasteiger partial charge in [-0.05, 0) is 77.9 Å². The van der Waals surface area contributed by atoms with Crippen molar-refractivity contribution in [2.75, 3.05) is 13.7 Å². The zero-order chi connectivity index (χ0) is 27.7. The van der Waals surface area contributed by atoms with E-state index in [1.165, 1.54) is 14.0 Å². The molecule has 1 aromatic carbocycles. The highest BCUT2D eigenvalue weighted by molar-refractivity contribution is 6.62. The second-order valence-corrected chi connectivity index (χ2v) is 11.2. The molecule has 2 saturated heterocycles. The van der Waals surface area contributed by atoms with Crippen LogP contribution in [-0.2, 0) is 18.8 Å². The molecule has 1 aromatic rings. The van der Waals surface area contributed by atoms with Crippen LogP contribution < -0.4 is 10.8 Å². The molecule has 0 saturated carbocycles. The van der Waals surface area contributed by atoms with E-state index in [2.05, 4.69) is 5.32 Å². The number of hydrogen-bond acceptors (Lipinski definition) is 7. The Morgan fingerprint density at radius 2 is 1.76 bits per heavy atom. The monoisotopic (exact) mass is 513 g/mol. The number of likely N-dealkylation sites (tertiary alicyclic amines) is 1. The van der Waals surface area contributed by atoms with Crippen molar-refractivity contribution in [1.29, 1.82) is 0 Å². The predicted molar refractivity (Wildman–Crippen MR) is 144 cm³/mol. The lowest BCUT2D eigenvalue weighted by atomic mass is 9.78. The van der Waals surface area contributed by atoms with Crippen molar-refractivity contribution >= 4 is 41.8 Å². The molecule has 37 heavy (non-hydrogen) atoms. The van der Waals surface area contributed by atoms with Gasteiger partial charge in [-0.15, -0.1) is 0 Å². The van der Waals surface area contributed by atoms with E-state index in [1.54, 1.807) is 17.0 Å². The molecule has 0 aliphatic carbocycles. The molecular weight excluding hydrogens is 473 g/mol. The standard InChI is InChI=1S/C27H40BN3O6/c1-16(2)23(30-25(34)35-9)24(33)31-14-10-11-22(31)17(3)29-21-13-12-19(15-20(21)18(4)32)28-36-26(5,6)27(7,8)37-28/h12-13,15-16,22-23H,10-11,14H2,1-9H3,(H,30,34)/t22-,23-/m0/s1. The van der Waals surface area contributed by atoms with E-state index in [4.69, 9.17) is 19.0 Å². The fourth-order valence-corrected chi connectivity index (χ4v) is 4.67. The van der Waals surface area contributed by atoms with E-state index in [9.17, 15) is 14.4 Å². The Balaban J connectivity index is 1.87. The summed E-state index contributed by atoms with van der Waals surface area (Å²) in [5, 5.41) is 2.66. The first-order valence-electron chi connectivity index (χ1n) is 12.9. The highest BCUT2D eigenvalue weighted by Crippen LogP contribution is 2.37. The van der Waals surface area contributed by atoms with Crippen LogP contribution in [-0.4, -0.2) is 72.5 Å². The van der Waals surface area contributed by atoms with Crippen LogP contribution >= 0.6 is 0 Å². The average molecular weight is 513 g/mol. The normalized spacial score (nSPS) is 21.8. The van der Waals surface area contributed by atoms with E-state index >= 15 is 0 Å². The van der Waals surface area contributed by atoms with Gasteiger partial charge in [-0.1, -0.05) is 19.9 Å². The molecule has 0 unspecified atom stereocenters. The van der Waals surface area contributed by atoms with Crippen molar-refractivity contribution in [3.8, 4) is 0 Å². The minimum atomic E-state index is -0.701. The van der Waals surface area contributed by atoms with Gasteiger partial charge < -0.3 is 24.3 Å². The molecule has 202 valence electrons. The van der Waals surface area contributed by atoms with Crippen LogP contribution in [0.15, 0.2) is 23.2 Å². The summed E-state index contributed by atoms with van der Waals surface area (Å²) in [4.78, 5) is 44.4. The maximum Gasteiger partial charge on any atom is 0.494 e. The van der Waals surface area contributed by atoms with E-state index < -0.39 is 30.5 Å². The molecule has 2 amide bonds. The lowest BCUT2D eigenvalue weighted by Crippen LogP contribution is -2.53. The number of nitrogens with one attached hydrogen (secondary N) is 1. The molecule has 2 aliphatic rings. The Labute approximate surface area is 220 Å². The summed E-state index contributed by atoms with van der Waals surface area (Å²) < 4.78 is 17.0. The molecule has 0 radical (unpaired) electrons. The van der Waals surface area contributed by atoms with Crippen molar-refractivity contribution in [2.45, 2.75) is 91.5 Å². The second kappa shape index (κ2) is 11.0. The van der Waals surface area contributed by atoms with E-state index in [0.717, 1.165) is 24.0 Å². The van der Waals surface area contributed by atoms with E-state index in [-0.39, 0.29) is 23.7 Å². The average Bonchev–Trinajstić information content (AvgIpc) is 3.38. The van der Waals surface area contributed by atoms with Gasteiger partial charge in [0.25, 0.3) is 0 Å². The fourth-order valence-electron chi connectivity index (χ4n) is 4.67. The molecule has 2 heterocycles. The topological polar surface area (TPSA) is 107 Å². The number of hydrogen-bond donors (Lipinski definition) is 1. The minimum absolute atomic E-state index is 0.114. The van der Waals surface area contributed by atoms with Crippen LogP contribution in [0.5, 0.6) is 0 Å². The van der Waals surface area contributed by atoms with Crippen LogP contribution in [0.1, 0.15) is 78.6 Å². The number of rotatable bonds is 7. The Bertz CT molecular complexity index is 1070. The van der Waals surface area contributed by atoms with E-state index in [1.807, 2.05) is 54.5 Å². The first-order valence-corrected chi connectivity index (χ1v) is 12.9. The number of nitrogens with zero attached hydrogens (tertiary/aromatic N) is 2. The predicted octanol–water partition coefficient (Wildman–Crippen LogP) is 3.65. The number of carbonyl (C=O) groups is 3. The van der Waals surface area contributed by atoms with Crippen molar-refractivity contribution in [3.05, 3.63) is 23.8 Å². The van der Waals surface area contributed by atoms with Gasteiger partial charge in [0.05, 0.1) is 30.0 Å². The second-order valence-electron chi connectivity index (χ2n) is 11.2. The first kappa shape index (κ1) is 28.9. The Morgan fingerprint density at radius 1 is 1.14 bits per heavy atom. The molecule has 1 N–H and O–H groups in total. The lowest BCUT2D eigenvalue weighted by Gasteiger charge is -2.32. The molecule has 0 spiro atoms. The highest BCUT2D eigenvalue weighted by Gasteiger charge is 2.51. The lowest BCUT2D eigenvalue weighted by molar-refractivity contribution is -0.134. The third-order valence-corrected chi connectivity index (χ3v) is 7.63.